The van der Waals surface area contributed by atoms with Crippen LogP contribution >= 0.6 is 11.3 Å². The second kappa shape index (κ2) is 6.68. The second-order valence-electron chi connectivity index (χ2n) is 6.14. The molecule has 6 nitrogen and oxygen atoms in total. The molecule has 4 aromatic rings. The number of fused-ring (bicyclic) bond motifs is 1. The Hall–Kier alpha value is -3.06. The molecular weight excluding hydrogens is 346 g/mol. The van der Waals surface area contributed by atoms with Gasteiger partial charge in [-0.15, -0.1) is 11.3 Å². The number of rotatable bonds is 4. The van der Waals surface area contributed by atoms with E-state index in [0.717, 1.165) is 16.0 Å². The number of hydrogen-bond donors (Lipinski definition) is 1. The summed E-state index contributed by atoms with van der Waals surface area (Å²) in [6.07, 6.45) is 5.00. The average molecular weight is 363 g/mol. The molecule has 0 atom stereocenters. The maximum Gasteiger partial charge on any atom is 0.256 e. The Morgan fingerprint density at radius 2 is 2.04 bits per heavy atom. The van der Waals surface area contributed by atoms with Crippen LogP contribution in [0.2, 0.25) is 0 Å². The lowest BCUT2D eigenvalue weighted by Crippen LogP contribution is -2.13. The van der Waals surface area contributed by atoms with E-state index in [1.807, 2.05) is 42.1 Å². The molecule has 0 saturated carbocycles. The highest BCUT2D eigenvalue weighted by atomic mass is 32.1. The third-order valence-electron chi connectivity index (χ3n) is 4.01. The molecule has 4 rings (SSSR count). The third kappa shape index (κ3) is 2.97. The first-order chi connectivity index (χ1) is 12.6. The first-order valence-electron chi connectivity index (χ1n) is 8.27. The number of nitrogens with one attached hydrogen (secondary N) is 1. The van der Waals surface area contributed by atoms with Crippen molar-refractivity contribution in [2.45, 2.75) is 19.9 Å². The average Bonchev–Trinajstić information content (AvgIpc) is 3.31. The summed E-state index contributed by atoms with van der Waals surface area (Å²) >= 11 is 1.59. The van der Waals surface area contributed by atoms with Crippen molar-refractivity contribution in [1.82, 2.24) is 19.7 Å². The Morgan fingerprint density at radius 1 is 1.23 bits per heavy atom. The summed E-state index contributed by atoms with van der Waals surface area (Å²) in [5.74, 6) is -0.190. The van der Waals surface area contributed by atoms with E-state index in [-0.39, 0.29) is 11.9 Å². The SMILES string of the molecule is CC(C)n1ncc2c(C(=O)Nc3ccncc3)cc(-c3cccs3)nc21. The Morgan fingerprint density at radius 3 is 2.73 bits per heavy atom. The maximum atomic E-state index is 12.9. The van der Waals surface area contributed by atoms with Crippen molar-refractivity contribution in [3.8, 4) is 10.6 Å². The van der Waals surface area contributed by atoms with Gasteiger partial charge in [-0.1, -0.05) is 6.07 Å². The van der Waals surface area contributed by atoms with Crippen LogP contribution in [0.15, 0.2) is 54.3 Å². The summed E-state index contributed by atoms with van der Waals surface area (Å²) < 4.78 is 1.84. The highest BCUT2D eigenvalue weighted by Gasteiger charge is 2.19. The monoisotopic (exact) mass is 363 g/mol. The zero-order valence-electron chi connectivity index (χ0n) is 14.4. The molecule has 0 aliphatic heterocycles. The molecular formula is C19H17N5OS. The first-order valence-corrected chi connectivity index (χ1v) is 9.15. The van der Waals surface area contributed by atoms with Crippen LogP contribution in [0, 0.1) is 0 Å². The Bertz CT molecular complexity index is 1050. The van der Waals surface area contributed by atoms with Gasteiger partial charge in [0.15, 0.2) is 5.65 Å². The number of carbonyl (C=O) groups excluding carboxylic acids is 1. The molecule has 26 heavy (non-hydrogen) atoms. The normalized spacial score (nSPS) is 11.2. The molecule has 0 aliphatic carbocycles. The summed E-state index contributed by atoms with van der Waals surface area (Å²) in [7, 11) is 0. The van der Waals surface area contributed by atoms with Crippen LogP contribution < -0.4 is 5.32 Å². The molecule has 1 N–H and O–H groups in total. The molecule has 0 unspecified atom stereocenters. The molecule has 7 heteroatoms. The van der Waals surface area contributed by atoms with Crippen LogP contribution in [0.5, 0.6) is 0 Å². The topological polar surface area (TPSA) is 72.7 Å². The van der Waals surface area contributed by atoms with Gasteiger partial charge in [-0.05, 0) is 43.5 Å². The Balaban J connectivity index is 1.85. The van der Waals surface area contributed by atoms with Gasteiger partial charge >= 0.3 is 0 Å². The van der Waals surface area contributed by atoms with Crippen molar-refractivity contribution in [2.75, 3.05) is 5.32 Å². The Labute approximate surface area is 154 Å². The van der Waals surface area contributed by atoms with Crippen LogP contribution in [0.25, 0.3) is 21.6 Å². The van der Waals surface area contributed by atoms with Gasteiger partial charge in [-0.2, -0.15) is 5.10 Å². The third-order valence-corrected chi connectivity index (χ3v) is 4.90. The number of amides is 1. The molecule has 0 aliphatic rings. The predicted molar refractivity (Wildman–Crippen MR) is 103 cm³/mol. The molecule has 4 heterocycles. The van der Waals surface area contributed by atoms with Gasteiger partial charge in [0.05, 0.1) is 27.7 Å². The van der Waals surface area contributed by atoms with E-state index < -0.39 is 0 Å². The quantitative estimate of drug-likeness (QED) is 0.584. The van der Waals surface area contributed by atoms with Crippen LogP contribution in [0.1, 0.15) is 30.2 Å². The van der Waals surface area contributed by atoms with Crippen LogP contribution in [-0.2, 0) is 0 Å². The van der Waals surface area contributed by atoms with Crippen LogP contribution in [0.3, 0.4) is 0 Å². The predicted octanol–water partition coefficient (Wildman–Crippen LogP) is 4.39. The van der Waals surface area contributed by atoms with Gasteiger partial charge in [0.1, 0.15) is 0 Å². The Kier molecular flexibility index (Phi) is 4.22. The van der Waals surface area contributed by atoms with Crippen LogP contribution in [0.4, 0.5) is 5.69 Å². The molecule has 0 spiro atoms. The fourth-order valence-corrected chi connectivity index (χ4v) is 3.45. The van der Waals surface area contributed by atoms with Gasteiger partial charge in [-0.25, -0.2) is 9.67 Å². The lowest BCUT2D eigenvalue weighted by atomic mass is 10.1. The van der Waals surface area contributed by atoms with Gasteiger partial charge in [0, 0.05) is 24.1 Å². The molecule has 130 valence electrons. The summed E-state index contributed by atoms with van der Waals surface area (Å²) in [6.45, 7) is 4.09. The van der Waals surface area contributed by atoms with Crippen molar-refractivity contribution < 1.29 is 4.79 Å². The summed E-state index contributed by atoms with van der Waals surface area (Å²) in [6, 6.07) is 9.47. The number of pyridine rings is 2. The number of hydrogen-bond acceptors (Lipinski definition) is 5. The summed E-state index contributed by atoms with van der Waals surface area (Å²) in [5.41, 5.74) is 2.74. The summed E-state index contributed by atoms with van der Waals surface area (Å²) in [4.78, 5) is 22.7. The van der Waals surface area contributed by atoms with E-state index in [1.54, 1.807) is 42.1 Å². The number of nitrogens with zero attached hydrogens (tertiary/aromatic N) is 4. The molecule has 0 bridgehead atoms. The lowest BCUT2D eigenvalue weighted by molar-refractivity contribution is 0.102. The van der Waals surface area contributed by atoms with E-state index in [1.165, 1.54) is 0 Å². The first kappa shape index (κ1) is 16.4. The summed E-state index contributed by atoms with van der Waals surface area (Å²) in [5, 5.41) is 10.1. The fourth-order valence-electron chi connectivity index (χ4n) is 2.77. The van der Waals surface area contributed by atoms with E-state index in [0.29, 0.717) is 16.9 Å². The van der Waals surface area contributed by atoms with E-state index >= 15 is 0 Å². The van der Waals surface area contributed by atoms with Gasteiger partial charge in [0.2, 0.25) is 0 Å². The smallest absolute Gasteiger partial charge is 0.256 e. The van der Waals surface area contributed by atoms with Gasteiger partial charge in [0.25, 0.3) is 5.91 Å². The highest BCUT2D eigenvalue weighted by Crippen LogP contribution is 2.29. The van der Waals surface area contributed by atoms with Gasteiger partial charge in [-0.3, -0.25) is 9.78 Å². The molecule has 0 saturated heterocycles. The largest absolute Gasteiger partial charge is 0.322 e. The fraction of sp³-hybridized carbons (Fsp3) is 0.158. The minimum absolute atomic E-state index is 0.148. The minimum Gasteiger partial charge on any atom is -0.322 e. The van der Waals surface area contributed by atoms with E-state index in [2.05, 4.69) is 15.4 Å². The molecule has 4 aromatic heterocycles. The number of carbonyl (C=O) groups is 1. The molecule has 1 amide bonds. The maximum absolute atomic E-state index is 12.9. The van der Waals surface area contributed by atoms with Crippen molar-refractivity contribution in [3.05, 3.63) is 59.9 Å². The standard InChI is InChI=1S/C19H17N5OS/c1-12(2)24-18-15(11-21-24)14(10-16(23-18)17-4-3-9-26-17)19(25)22-13-5-7-20-8-6-13/h3-12H,1-2H3,(H,20,22,25). The zero-order valence-corrected chi connectivity index (χ0v) is 15.2. The molecule has 0 fully saturated rings. The lowest BCUT2D eigenvalue weighted by Gasteiger charge is -2.10. The minimum atomic E-state index is -0.190. The molecule has 0 aromatic carbocycles. The van der Waals surface area contributed by atoms with Gasteiger partial charge < -0.3 is 5.32 Å². The zero-order chi connectivity index (χ0) is 18.1. The second-order valence-corrected chi connectivity index (χ2v) is 7.09. The van der Waals surface area contributed by atoms with E-state index in [4.69, 9.17) is 4.98 Å². The highest BCUT2D eigenvalue weighted by molar-refractivity contribution is 7.13. The van der Waals surface area contributed by atoms with Crippen molar-refractivity contribution in [2.24, 2.45) is 0 Å². The van der Waals surface area contributed by atoms with Crippen LogP contribution in [-0.4, -0.2) is 25.7 Å². The molecule has 0 radical (unpaired) electrons. The van der Waals surface area contributed by atoms with Crippen molar-refractivity contribution in [1.29, 1.82) is 0 Å². The number of thiophene rings is 1. The number of anilines is 1. The van der Waals surface area contributed by atoms with Crippen molar-refractivity contribution >= 4 is 34.0 Å². The van der Waals surface area contributed by atoms with Crippen molar-refractivity contribution in [3.63, 3.8) is 0 Å². The van der Waals surface area contributed by atoms with E-state index in [9.17, 15) is 4.79 Å². The number of aromatic nitrogens is 4.